The number of rotatable bonds is 7. The van der Waals surface area contributed by atoms with E-state index in [1.165, 1.54) is 4.90 Å². The number of hydrogen-bond donors (Lipinski definition) is 1. The Balaban J connectivity index is 1.46. The zero-order valence-corrected chi connectivity index (χ0v) is 14.4. The maximum atomic E-state index is 12.1. The van der Waals surface area contributed by atoms with Crippen LogP contribution in [-0.2, 0) is 9.59 Å². The minimum atomic E-state index is -0.256. The third kappa shape index (κ3) is 4.24. The zero-order valence-electron chi connectivity index (χ0n) is 14.4. The van der Waals surface area contributed by atoms with Gasteiger partial charge in [-0.15, -0.1) is 0 Å². The van der Waals surface area contributed by atoms with Gasteiger partial charge in [0.15, 0.2) is 6.61 Å². The quantitative estimate of drug-likeness (QED) is 0.763. The summed E-state index contributed by atoms with van der Waals surface area (Å²) in [5.41, 5.74) is 0.605. The summed E-state index contributed by atoms with van der Waals surface area (Å²) in [4.78, 5) is 25.6. The van der Waals surface area contributed by atoms with Gasteiger partial charge in [-0.3, -0.25) is 14.5 Å². The number of ether oxygens (including phenoxy) is 3. The second kappa shape index (κ2) is 8.24. The van der Waals surface area contributed by atoms with E-state index in [1.54, 1.807) is 49.6 Å². The number of amides is 2. The molecule has 0 fully saturated rings. The molecule has 2 aromatic rings. The lowest BCUT2D eigenvalue weighted by Gasteiger charge is -2.28. The Bertz CT molecular complexity index is 776. The molecule has 7 nitrogen and oxygen atoms in total. The number of fused-ring (bicyclic) bond motifs is 1. The van der Waals surface area contributed by atoms with E-state index >= 15 is 0 Å². The van der Waals surface area contributed by atoms with Gasteiger partial charge in [0.05, 0.1) is 19.3 Å². The lowest BCUT2D eigenvalue weighted by atomic mass is 10.2. The van der Waals surface area contributed by atoms with Gasteiger partial charge >= 0.3 is 0 Å². The van der Waals surface area contributed by atoms with Crippen LogP contribution in [0.25, 0.3) is 0 Å². The van der Waals surface area contributed by atoms with E-state index in [0.717, 1.165) is 5.75 Å². The molecule has 0 saturated heterocycles. The Hall–Kier alpha value is -3.22. The van der Waals surface area contributed by atoms with Crippen LogP contribution in [-0.4, -0.2) is 45.2 Å². The highest BCUT2D eigenvalue weighted by Gasteiger charge is 2.26. The Labute approximate surface area is 151 Å². The Morgan fingerprint density at radius 1 is 1.15 bits per heavy atom. The molecule has 3 rings (SSSR count). The van der Waals surface area contributed by atoms with Gasteiger partial charge < -0.3 is 19.5 Å². The van der Waals surface area contributed by atoms with Crippen molar-refractivity contribution in [1.29, 1.82) is 0 Å². The molecule has 1 heterocycles. The largest absolute Gasteiger partial charge is 0.497 e. The molecule has 2 aromatic carbocycles. The number of para-hydroxylation sites is 2. The molecule has 0 aromatic heterocycles. The minimum Gasteiger partial charge on any atom is -0.497 e. The summed E-state index contributed by atoms with van der Waals surface area (Å²) in [6.45, 7) is 0.545. The van der Waals surface area contributed by atoms with Crippen molar-refractivity contribution in [3.05, 3.63) is 48.5 Å². The smallest absolute Gasteiger partial charge is 0.265 e. The summed E-state index contributed by atoms with van der Waals surface area (Å²) >= 11 is 0. The molecule has 1 aliphatic heterocycles. The van der Waals surface area contributed by atoms with Crippen molar-refractivity contribution >= 4 is 17.5 Å². The van der Waals surface area contributed by atoms with Crippen LogP contribution >= 0.6 is 0 Å². The molecule has 1 N–H and O–H groups in total. The first-order chi connectivity index (χ1) is 12.7. The fourth-order valence-corrected chi connectivity index (χ4v) is 2.56. The summed E-state index contributed by atoms with van der Waals surface area (Å²) in [6, 6.07) is 14.3. The van der Waals surface area contributed by atoms with Crippen molar-refractivity contribution < 1.29 is 23.8 Å². The first-order valence-electron chi connectivity index (χ1n) is 8.23. The monoisotopic (exact) mass is 356 g/mol. The number of anilines is 1. The Morgan fingerprint density at radius 3 is 2.65 bits per heavy atom. The van der Waals surface area contributed by atoms with Crippen LogP contribution in [0, 0.1) is 0 Å². The maximum absolute atomic E-state index is 12.1. The van der Waals surface area contributed by atoms with Crippen molar-refractivity contribution in [2.24, 2.45) is 0 Å². The summed E-state index contributed by atoms with van der Waals surface area (Å²) in [5, 5.41) is 2.75. The summed E-state index contributed by atoms with van der Waals surface area (Å²) in [7, 11) is 1.60. The molecule has 0 bridgehead atoms. The second-order valence-corrected chi connectivity index (χ2v) is 5.61. The molecule has 0 unspecified atom stereocenters. The third-order valence-corrected chi connectivity index (χ3v) is 3.86. The van der Waals surface area contributed by atoms with Crippen LogP contribution in [0.5, 0.6) is 17.2 Å². The number of nitrogens with zero attached hydrogens (tertiary/aromatic N) is 1. The van der Waals surface area contributed by atoms with Crippen molar-refractivity contribution in [1.82, 2.24) is 5.32 Å². The number of hydrogen-bond acceptors (Lipinski definition) is 5. The SMILES string of the molecule is COc1ccc(OCCNC(=O)CN2C(=O)COc3ccccc32)cc1. The van der Waals surface area contributed by atoms with E-state index in [9.17, 15) is 9.59 Å². The summed E-state index contributed by atoms with van der Waals surface area (Å²) < 4.78 is 16.0. The average molecular weight is 356 g/mol. The highest BCUT2D eigenvalue weighted by Crippen LogP contribution is 2.31. The van der Waals surface area contributed by atoms with Crippen LogP contribution < -0.4 is 24.4 Å². The van der Waals surface area contributed by atoms with Gasteiger partial charge in [0.2, 0.25) is 5.91 Å². The fraction of sp³-hybridized carbons (Fsp3) is 0.263. The van der Waals surface area contributed by atoms with Gasteiger partial charge in [0.1, 0.15) is 30.4 Å². The molecule has 0 atom stereocenters. The van der Waals surface area contributed by atoms with Crippen molar-refractivity contribution in [3.63, 3.8) is 0 Å². The van der Waals surface area contributed by atoms with E-state index in [4.69, 9.17) is 14.2 Å². The van der Waals surface area contributed by atoms with Crippen LogP contribution in [0.3, 0.4) is 0 Å². The van der Waals surface area contributed by atoms with Crippen molar-refractivity contribution in [2.45, 2.75) is 0 Å². The fourth-order valence-electron chi connectivity index (χ4n) is 2.56. The van der Waals surface area contributed by atoms with Crippen LogP contribution in [0.15, 0.2) is 48.5 Å². The number of carbonyl (C=O) groups is 2. The third-order valence-electron chi connectivity index (χ3n) is 3.86. The maximum Gasteiger partial charge on any atom is 0.265 e. The number of benzene rings is 2. The first-order valence-corrected chi connectivity index (χ1v) is 8.23. The normalized spacial score (nSPS) is 12.8. The molecule has 0 radical (unpaired) electrons. The van der Waals surface area contributed by atoms with E-state index < -0.39 is 0 Å². The Morgan fingerprint density at radius 2 is 1.88 bits per heavy atom. The summed E-state index contributed by atoms with van der Waals surface area (Å²) in [6.07, 6.45) is 0. The molecule has 26 heavy (non-hydrogen) atoms. The molecule has 0 aliphatic carbocycles. The topological polar surface area (TPSA) is 77.1 Å². The van der Waals surface area contributed by atoms with Gasteiger partial charge in [0.25, 0.3) is 5.91 Å². The van der Waals surface area contributed by atoms with E-state index in [1.807, 2.05) is 6.07 Å². The average Bonchev–Trinajstić information content (AvgIpc) is 2.68. The number of carbonyl (C=O) groups excluding carboxylic acids is 2. The van der Waals surface area contributed by atoms with Gasteiger partial charge in [-0.1, -0.05) is 12.1 Å². The zero-order chi connectivity index (χ0) is 18.4. The highest BCUT2D eigenvalue weighted by molar-refractivity contribution is 6.02. The van der Waals surface area contributed by atoms with Gasteiger partial charge in [0, 0.05) is 0 Å². The van der Waals surface area contributed by atoms with E-state index in [2.05, 4.69) is 5.32 Å². The molecule has 0 spiro atoms. The molecule has 136 valence electrons. The Kier molecular flexibility index (Phi) is 5.58. The van der Waals surface area contributed by atoms with Crippen LogP contribution in [0.2, 0.25) is 0 Å². The summed E-state index contributed by atoms with van der Waals surface area (Å²) in [5.74, 6) is 1.54. The van der Waals surface area contributed by atoms with Crippen molar-refractivity contribution in [3.8, 4) is 17.2 Å². The molecule has 2 amide bonds. The molecular weight excluding hydrogens is 336 g/mol. The lowest BCUT2D eigenvalue weighted by Crippen LogP contribution is -2.45. The van der Waals surface area contributed by atoms with Gasteiger partial charge in [-0.05, 0) is 36.4 Å². The molecule has 7 heteroatoms. The standard InChI is InChI=1S/C19H20N2O5/c1-24-14-6-8-15(9-7-14)25-11-10-20-18(22)12-21-16-4-2-3-5-17(16)26-13-19(21)23/h2-9H,10-13H2,1H3,(H,20,22). The molecule has 0 saturated carbocycles. The number of methoxy groups -OCH3 is 1. The van der Waals surface area contributed by atoms with E-state index in [-0.39, 0.29) is 25.0 Å². The first kappa shape index (κ1) is 17.6. The minimum absolute atomic E-state index is 0.0538. The second-order valence-electron chi connectivity index (χ2n) is 5.61. The van der Waals surface area contributed by atoms with E-state index in [0.29, 0.717) is 30.3 Å². The van der Waals surface area contributed by atoms with Crippen molar-refractivity contribution in [2.75, 3.05) is 38.3 Å². The predicted molar refractivity (Wildman–Crippen MR) is 95.8 cm³/mol. The molecule has 1 aliphatic rings. The predicted octanol–water partition coefficient (Wildman–Crippen LogP) is 1.62. The highest BCUT2D eigenvalue weighted by atomic mass is 16.5. The molecular formula is C19H20N2O5. The lowest BCUT2D eigenvalue weighted by molar-refractivity contribution is -0.125. The van der Waals surface area contributed by atoms with Gasteiger partial charge in [-0.2, -0.15) is 0 Å². The van der Waals surface area contributed by atoms with Crippen LogP contribution in [0.4, 0.5) is 5.69 Å². The van der Waals surface area contributed by atoms with Crippen LogP contribution in [0.1, 0.15) is 0 Å². The van der Waals surface area contributed by atoms with Gasteiger partial charge in [-0.25, -0.2) is 0 Å². The number of nitrogens with one attached hydrogen (secondary N) is 1.